The molecule has 0 aromatic heterocycles. The number of hydrogen-bond donors (Lipinski definition) is 3. The van der Waals surface area contributed by atoms with Gasteiger partial charge < -0.3 is 19.9 Å². The van der Waals surface area contributed by atoms with Crippen LogP contribution < -0.4 is 0 Å². The van der Waals surface area contributed by atoms with Crippen LogP contribution in [0.4, 0.5) is 11.4 Å². The smallest absolute Gasteiger partial charge is 0.158 e. The number of azo groups is 1. The summed E-state index contributed by atoms with van der Waals surface area (Å²) in [5.74, 6) is -1.08. The fraction of sp³-hybridized carbons (Fsp3) is 0. The van der Waals surface area contributed by atoms with E-state index in [9.17, 15) is 19.0 Å². The maximum absolute atomic E-state index is 10.9. The topological polar surface area (TPSA) is 126 Å². The summed E-state index contributed by atoms with van der Waals surface area (Å²) in [6.45, 7) is 0. The highest BCUT2D eigenvalue weighted by molar-refractivity contribution is 7.79. The summed E-state index contributed by atoms with van der Waals surface area (Å²) in [5.41, 5.74) is -0.147. The van der Waals surface area contributed by atoms with Crippen LogP contribution in [0.3, 0.4) is 0 Å². The van der Waals surface area contributed by atoms with Crippen molar-refractivity contribution in [2.75, 3.05) is 0 Å². The molecule has 1 atom stereocenters. The molecule has 2 aromatic carbocycles. The molecule has 2 aromatic rings. The summed E-state index contributed by atoms with van der Waals surface area (Å²) < 4.78 is 21.9. The standard InChI is InChI=1S/C12H9ClN2O5S/c13-6-3-9(12(18)11(4-6)21(19)20)15-14-8-2-1-7(16)5-10(8)17/h1-5,16-18H,(H,19,20)/p-1. The number of phenolic OH excluding ortho intramolecular Hbond substituents is 3. The molecule has 7 nitrogen and oxygen atoms in total. The second-order valence-corrected chi connectivity index (χ2v) is 5.23. The fourth-order valence-corrected chi connectivity index (χ4v) is 2.23. The van der Waals surface area contributed by atoms with Gasteiger partial charge in [0.15, 0.2) is 5.75 Å². The molecule has 0 heterocycles. The lowest BCUT2D eigenvalue weighted by Crippen LogP contribution is -1.89. The van der Waals surface area contributed by atoms with E-state index < -0.39 is 21.7 Å². The van der Waals surface area contributed by atoms with Crippen molar-refractivity contribution in [2.45, 2.75) is 4.90 Å². The first-order chi connectivity index (χ1) is 9.88. The van der Waals surface area contributed by atoms with E-state index in [4.69, 9.17) is 16.7 Å². The first kappa shape index (κ1) is 15.2. The fourth-order valence-electron chi connectivity index (χ4n) is 1.47. The molecule has 0 aliphatic rings. The predicted molar refractivity (Wildman–Crippen MR) is 74.3 cm³/mol. The van der Waals surface area contributed by atoms with Gasteiger partial charge in [-0.3, -0.25) is 4.21 Å². The maximum atomic E-state index is 10.9. The summed E-state index contributed by atoms with van der Waals surface area (Å²) in [6.07, 6.45) is 0. The third kappa shape index (κ3) is 3.48. The van der Waals surface area contributed by atoms with E-state index in [0.717, 1.165) is 12.1 Å². The van der Waals surface area contributed by atoms with E-state index in [2.05, 4.69) is 10.2 Å². The molecule has 0 saturated heterocycles. The van der Waals surface area contributed by atoms with Gasteiger partial charge in [-0.2, -0.15) is 0 Å². The number of phenols is 3. The highest BCUT2D eigenvalue weighted by Crippen LogP contribution is 2.37. The van der Waals surface area contributed by atoms with Gasteiger partial charge in [0, 0.05) is 11.1 Å². The van der Waals surface area contributed by atoms with Crippen LogP contribution in [0.1, 0.15) is 0 Å². The highest BCUT2D eigenvalue weighted by atomic mass is 35.5. The predicted octanol–water partition coefficient (Wildman–Crippen LogP) is 3.11. The average Bonchev–Trinajstić information content (AvgIpc) is 2.40. The van der Waals surface area contributed by atoms with Crippen LogP contribution in [0.25, 0.3) is 0 Å². The van der Waals surface area contributed by atoms with Crippen molar-refractivity contribution in [1.29, 1.82) is 0 Å². The van der Waals surface area contributed by atoms with Gasteiger partial charge in [-0.1, -0.05) is 11.6 Å². The lowest BCUT2D eigenvalue weighted by Gasteiger charge is -2.09. The number of benzene rings is 2. The summed E-state index contributed by atoms with van der Waals surface area (Å²) in [7, 11) is 0. The average molecular weight is 328 g/mol. The summed E-state index contributed by atoms with van der Waals surface area (Å²) >= 11 is 3.05. The van der Waals surface area contributed by atoms with Crippen LogP contribution in [-0.2, 0) is 11.1 Å². The number of hydrogen-bond acceptors (Lipinski definition) is 7. The largest absolute Gasteiger partial charge is 0.768 e. The summed E-state index contributed by atoms with van der Waals surface area (Å²) in [4.78, 5) is -0.411. The SMILES string of the molecule is O=S([O-])c1cc(Cl)cc(N=Nc2ccc(O)cc2O)c1O. The van der Waals surface area contributed by atoms with Gasteiger partial charge >= 0.3 is 0 Å². The van der Waals surface area contributed by atoms with Crippen molar-refractivity contribution in [3.8, 4) is 17.2 Å². The Balaban J connectivity index is 2.43. The zero-order chi connectivity index (χ0) is 15.6. The van der Waals surface area contributed by atoms with Crippen LogP contribution in [0, 0.1) is 0 Å². The Morgan fingerprint density at radius 2 is 1.71 bits per heavy atom. The van der Waals surface area contributed by atoms with E-state index in [0.29, 0.717) is 0 Å². The molecule has 0 spiro atoms. The molecule has 9 heteroatoms. The minimum atomic E-state index is -2.69. The van der Waals surface area contributed by atoms with E-state index in [-0.39, 0.29) is 27.9 Å². The number of aromatic hydroxyl groups is 3. The van der Waals surface area contributed by atoms with Crippen molar-refractivity contribution >= 4 is 34.1 Å². The molecule has 2 rings (SSSR count). The summed E-state index contributed by atoms with van der Waals surface area (Å²) in [6, 6.07) is 5.92. The monoisotopic (exact) mass is 327 g/mol. The Hall–Kier alpha value is -2.16. The highest BCUT2D eigenvalue weighted by Gasteiger charge is 2.10. The van der Waals surface area contributed by atoms with Gasteiger partial charge in [-0.25, -0.2) is 0 Å². The van der Waals surface area contributed by atoms with Gasteiger partial charge in [0.1, 0.15) is 22.9 Å². The van der Waals surface area contributed by atoms with Gasteiger partial charge in [0.05, 0.1) is 4.90 Å². The Labute approximate surface area is 126 Å². The van der Waals surface area contributed by atoms with Crippen LogP contribution in [-0.4, -0.2) is 24.1 Å². The number of nitrogens with zero attached hydrogens (tertiary/aromatic N) is 2. The van der Waals surface area contributed by atoms with Crippen LogP contribution >= 0.6 is 11.6 Å². The molecule has 0 fully saturated rings. The van der Waals surface area contributed by atoms with Crippen molar-refractivity contribution < 1.29 is 24.1 Å². The first-order valence-electron chi connectivity index (χ1n) is 5.44. The van der Waals surface area contributed by atoms with E-state index in [1.54, 1.807) is 0 Å². The van der Waals surface area contributed by atoms with Gasteiger partial charge in [0.25, 0.3) is 0 Å². The van der Waals surface area contributed by atoms with Crippen molar-refractivity contribution in [1.82, 2.24) is 0 Å². The lowest BCUT2D eigenvalue weighted by molar-refractivity contribution is 0.450. The number of halogens is 1. The molecule has 0 aliphatic heterocycles. The molecular weight excluding hydrogens is 320 g/mol. The quantitative estimate of drug-likeness (QED) is 0.590. The van der Waals surface area contributed by atoms with Crippen LogP contribution in [0.2, 0.25) is 5.02 Å². The normalized spacial score (nSPS) is 12.7. The van der Waals surface area contributed by atoms with E-state index >= 15 is 0 Å². The molecule has 21 heavy (non-hydrogen) atoms. The molecular formula is C12H8ClN2O5S-. The first-order valence-corrected chi connectivity index (χ1v) is 6.89. The Morgan fingerprint density at radius 3 is 2.33 bits per heavy atom. The molecule has 0 saturated carbocycles. The third-order valence-electron chi connectivity index (χ3n) is 2.42. The molecule has 0 aliphatic carbocycles. The van der Waals surface area contributed by atoms with Gasteiger partial charge in [-0.15, -0.1) is 10.2 Å². The Morgan fingerprint density at radius 1 is 1.05 bits per heavy atom. The van der Waals surface area contributed by atoms with Crippen LogP contribution in [0.5, 0.6) is 17.2 Å². The molecule has 0 amide bonds. The van der Waals surface area contributed by atoms with Crippen LogP contribution in [0.15, 0.2) is 45.5 Å². The minimum Gasteiger partial charge on any atom is -0.768 e. The summed E-state index contributed by atoms with van der Waals surface area (Å²) in [5, 5.41) is 35.8. The van der Waals surface area contributed by atoms with E-state index in [1.807, 2.05) is 0 Å². The zero-order valence-corrected chi connectivity index (χ0v) is 11.8. The second-order valence-electron chi connectivity index (χ2n) is 3.88. The van der Waals surface area contributed by atoms with Crippen molar-refractivity contribution in [2.24, 2.45) is 10.2 Å². The molecule has 0 radical (unpaired) electrons. The second kappa shape index (κ2) is 6.08. The molecule has 110 valence electrons. The Bertz CT molecular complexity index is 751. The van der Waals surface area contributed by atoms with Crippen molar-refractivity contribution in [3.05, 3.63) is 35.4 Å². The minimum absolute atomic E-state index is 0.0250. The van der Waals surface area contributed by atoms with Crippen molar-refractivity contribution in [3.63, 3.8) is 0 Å². The molecule has 0 bridgehead atoms. The van der Waals surface area contributed by atoms with E-state index in [1.165, 1.54) is 18.2 Å². The van der Waals surface area contributed by atoms with Gasteiger partial charge in [0.2, 0.25) is 0 Å². The Kier molecular flexibility index (Phi) is 4.41. The lowest BCUT2D eigenvalue weighted by atomic mass is 10.3. The zero-order valence-electron chi connectivity index (χ0n) is 10.2. The molecule has 3 N–H and O–H groups in total. The van der Waals surface area contributed by atoms with Gasteiger partial charge in [-0.05, 0) is 35.3 Å². The number of rotatable bonds is 3. The third-order valence-corrected chi connectivity index (χ3v) is 3.31. The maximum Gasteiger partial charge on any atom is 0.158 e. The molecule has 1 unspecified atom stereocenters.